The highest BCUT2D eigenvalue weighted by molar-refractivity contribution is 7.13. The van der Waals surface area contributed by atoms with E-state index in [-0.39, 0.29) is 0 Å². The van der Waals surface area contributed by atoms with Gasteiger partial charge in [-0.25, -0.2) is 4.98 Å². The summed E-state index contributed by atoms with van der Waals surface area (Å²) >= 11 is 1.53. The Bertz CT molecular complexity index is 309. The summed E-state index contributed by atoms with van der Waals surface area (Å²) in [6.45, 7) is 4.55. The lowest BCUT2D eigenvalue weighted by Crippen LogP contribution is -2.30. The van der Waals surface area contributed by atoms with Crippen LogP contribution in [0.15, 0.2) is 5.38 Å². The monoisotopic (exact) mass is 260 g/mol. The topological polar surface area (TPSA) is 54.8 Å². The smallest absolute Gasteiger partial charge is 0.185 e. The minimum atomic E-state index is -0.522. The molecule has 17 heavy (non-hydrogen) atoms. The molecule has 1 N–H and O–H groups in total. The third-order valence-corrected chi connectivity index (χ3v) is 3.26. The number of rotatable bonds is 8. The first-order valence-electron chi connectivity index (χ1n) is 5.55. The SMILES string of the molecule is COCCN(CCOC)c1nc(C(C)O)cs1. The number of thiazole rings is 1. The highest BCUT2D eigenvalue weighted by Gasteiger charge is 2.12. The van der Waals surface area contributed by atoms with Crippen molar-refractivity contribution in [1.29, 1.82) is 0 Å². The zero-order valence-corrected chi connectivity index (χ0v) is 11.4. The fourth-order valence-electron chi connectivity index (χ4n) is 1.32. The van der Waals surface area contributed by atoms with Crippen molar-refractivity contribution in [2.45, 2.75) is 13.0 Å². The van der Waals surface area contributed by atoms with Crippen LogP contribution in [0.3, 0.4) is 0 Å². The Balaban J connectivity index is 2.65. The van der Waals surface area contributed by atoms with Crippen LogP contribution in [0.4, 0.5) is 5.13 Å². The van der Waals surface area contributed by atoms with E-state index < -0.39 is 6.10 Å². The van der Waals surface area contributed by atoms with Gasteiger partial charge in [-0.05, 0) is 6.92 Å². The Morgan fingerprint density at radius 1 is 1.35 bits per heavy atom. The van der Waals surface area contributed by atoms with Crippen LogP contribution in [0.25, 0.3) is 0 Å². The second-order valence-corrected chi connectivity index (χ2v) is 4.54. The van der Waals surface area contributed by atoms with Gasteiger partial charge in [0.1, 0.15) is 0 Å². The summed E-state index contributed by atoms with van der Waals surface area (Å²) in [5.74, 6) is 0. The van der Waals surface area contributed by atoms with E-state index >= 15 is 0 Å². The first-order chi connectivity index (χ1) is 8.19. The highest BCUT2D eigenvalue weighted by atomic mass is 32.1. The largest absolute Gasteiger partial charge is 0.387 e. The average Bonchev–Trinajstić information content (AvgIpc) is 2.79. The van der Waals surface area contributed by atoms with E-state index in [1.54, 1.807) is 21.1 Å². The predicted molar refractivity (Wildman–Crippen MR) is 68.7 cm³/mol. The lowest BCUT2D eigenvalue weighted by molar-refractivity contribution is 0.189. The molecule has 0 aliphatic heterocycles. The molecule has 5 nitrogen and oxygen atoms in total. The van der Waals surface area contributed by atoms with Crippen LogP contribution >= 0.6 is 11.3 Å². The van der Waals surface area contributed by atoms with Gasteiger partial charge in [-0.2, -0.15) is 0 Å². The standard InChI is InChI=1S/C11H20N2O3S/c1-9(14)10-8-17-11(12-10)13(4-6-15-2)5-7-16-3/h8-9,14H,4-7H2,1-3H3. The maximum atomic E-state index is 9.45. The second kappa shape index (κ2) is 7.60. The van der Waals surface area contributed by atoms with Crippen LogP contribution < -0.4 is 4.90 Å². The molecule has 0 aliphatic rings. The van der Waals surface area contributed by atoms with Crippen LogP contribution in [0.1, 0.15) is 18.7 Å². The van der Waals surface area contributed by atoms with E-state index in [4.69, 9.17) is 9.47 Å². The zero-order chi connectivity index (χ0) is 12.7. The molecular formula is C11H20N2O3S. The Morgan fingerprint density at radius 2 is 1.94 bits per heavy atom. The van der Waals surface area contributed by atoms with Gasteiger partial charge in [-0.1, -0.05) is 0 Å². The summed E-state index contributed by atoms with van der Waals surface area (Å²) < 4.78 is 10.1. The summed E-state index contributed by atoms with van der Waals surface area (Å²) in [5.41, 5.74) is 0.713. The van der Waals surface area contributed by atoms with Gasteiger partial charge in [0.25, 0.3) is 0 Å². The van der Waals surface area contributed by atoms with Crippen molar-refractivity contribution in [1.82, 2.24) is 4.98 Å². The Kier molecular flexibility index (Phi) is 6.43. The number of hydrogen-bond acceptors (Lipinski definition) is 6. The molecule has 0 aromatic carbocycles. The van der Waals surface area contributed by atoms with Gasteiger partial charge in [-0.15, -0.1) is 11.3 Å². The van der Waals surface area contributed by atoms with Crippen molar-refractivity contribution in [3.63, 3.8) is 0 Å². The number of nitrogens with zero attached hydrogens (tertiary/aromatic N) is 2. The molecule has 1 atom stereocenters. The number of anilines is 1. The molecule has 1 unspecified atom stereocenters. The Hall–Kier alpha value is -0.690. The lowest BCUT2D eigenvalue weighted by Gasteiger charge is -2.20. The Labute approximate surface area is 106 Å². The van der Waals surface area contributed by atoms with E-state index in [1.807, 2.05) is 5.38 Å². The van der Waals surface area contributed by atoms with Crippen LogP contribution in [0, 0.1) is 0 Å². The van der Waals surface area contributed by atoms with Gasteiger partial charge in [0.05, 0.1) is 25.0 Å². The molecule has 1 aromatic heterocycles. The van der Waals surface area contributed by atoms with Gasteiger partial charge in [-0.3, -0.25) is 0 Å². The van der Waals surface area contributed by atoms with Gasteiger partial charge in [0.2, 0.25) is 0 Å². The average molecular weight is 260 g/mol. The minimum absolute atomic E-state index is 0.522. The maximum absolute atomic E-state index is 9.45. The summed E-state index contributed by atoms with van der Waals surface area (Å²) in [7, 11) is 3.36. The van der Waals surface area contributed by atoms with E-state index in [9.17, 15) is 5.11 Å². The molecule has 0 bridgehead atoms. The summed E-state index contributed by atoms with van der Waals surface area (Å²) in [6.07, 6.45) is -0.522. The van der Waals surface area contributed by atoms with Crippen molar-refractivity contribution in [2.24, 2.45) is 0 Å². The first-order valence-corrected chi connectivity index (χ1v) is 6.43. The van der Waals surface area contributed by atoms with Gasteiger partial charge in [0.15, 0.2) is 5.13 Å². The van der Waals surface area contributed by atoms with Crippen molar-refractivity contribution < 1.29 is 14.6 Å². The quantitative estimate of drug-likeness (QED) is 0.763. The molecule has 0 radical (unpaired) electrons. The van der Waals surface area contributed by atoms with E-state index in [0.29, 0.717) is 18.9 Å². The van der Waals surface area contributed by atoms with Crippen LogP contribution in [0.2, 0.25) is 0 Å². The molecule has 0 saturated heterocycles. The number of aliphatic hydroxyl groups is 1. The molecule has 0 amide bonds. The minimum Gasteiger partial charge on any atom is -0.387 e. The van der Waals surface area contributed by atoms with Crippen LogP contribution in [-0.2, 0) is 9.47 Å². The lowest BCUT2D eigenvalue weighted by atomic mass is 10.3. The summed E-state index contributed by atoms with van der Waals surface area (Å²) in [4.78, 5) is 6.50. The zero-order valence-electron chi connectivity index (χ0n) is 10.5. The third kappa shape index (κ3) is 4.59. The van der Waals surface area contributed by atoms with Gasteiger partial charge < -0.3 is 19.5 Å². The van der Waals surface area contributed by atoms with Crippen LogP contribution in [-0.4, -0.2) is 50.6 Å². The van der Waals surface area contributed by atoms with E-state index in [2.05, 4.69) is 9.88 Å². The van der Waals surface area contributed by atoms with Gasteiger partial charge in [0, 0.05) is 32.7 Å². The van der Waals surface area contributed by atoms with Crippen molar-refractivity contribution in [3.8, 4) is 0 Å². The van der Waals surface area contributed by atoms with Crippen molar-refractivity contribution in [2.75, 3.05) is 45.4 Å². The van der Waals surface area contributed by atoms with Crippen molar-refractivity contribution >= 4 is 16.5 Å². The van der Waals surface area contributed by atoms with E-state index in [0.717, 1.165) is 18.2 Å². The molecule has 0 fully saturated rings. The molecular weight excluding hydrogens is 240 g/mol. The summed E-state index contributed by atoms with van der Waals surface area (Å²) in [6, 6.07) is 0. The molecule has 6 heteroatoms. The third-order valence-electron chi connectivity index (χ3n) is 2.34. The molecule has 1 rings (SSSR count). The number of ether oxygens (including phenoxy) is 2. The van der Waals surface area contributed by atoms with Gasteiger partial charge >= 0.3 is 0 Å². The Morgan fingerprint density at radius 3 is 2.35 bits per heavy atom. The second-order valence-electron chi connectivity index (χ2n) is 3.70. The fraction of sp³-hybridized carbons (Fsp3) is 0.727. The molecule has 0 spiro atoms. The molecule has 1 heterocycles. The highest BCUT2D eigenvalue weighted by Crippen LogP contribution is 2.23. The maximum Gasteiger partial charge on any atom is 0.185 e. The molecule has 1 aromatic rings. The van der Waals surface area contributed by atoms with Crippen molar-refractivity contribution in [3.05, 3.63) is 11.1 Å². The van der Waals surface area contributed by atoms with E-state index in [1.165, 1.54) is 11.3 Å². The molecule has 98 valence electrons. The summed E-state index contributed by atoms with van der Waals surface area (Å²) in [5, 5.41) is 12.2. The normalized spacial score (nSPS) is 12.7. The van der Waals surface area contributed by atoms with Crippen LogP contribution in [0.5, 0.6) is 0 Å². The molecule has 0 aliphatic carbocycles. The predicted octanol–water partition coefficient (Wildman–Crippen LogP) is 1.30. The number of hydrogen-bond donors (Lipinski definition) is 1. The number of methoxy groups -OCH3 is 2. The fourth-order valence-corrected chi connectivity index (χ4v) is 2.28. The molecule has 0 saturated carbocycles. The number of aromatic nitrogens is 1. The first kappa shape index (κ1) is 14.4. The number of aliphatic hydroxyl groups excluding tert-OH is 1.